The SMILES string of the molecule is CC(C)CCC(C)C(C)CCC(C)CCl. The van der Waals surface area contributed by atoms with Gasteiger partial charge in [-0.3, -0.25) is 0 Å². The summed E-state index contributed by atoms with van der Waals surface area (Å²) in [5, 5.41) is 0. The first kappa shape index (κ1) is 15.3. The Hall–Kier alpha value is 0.290. The number of hydrogen-bond donors (Lipinski definition) is 0. The van der Waals surface area contributed by atoms with Gasteiger partial charge >= 0.3 is 0 Å². The molecule has 0 rings (SSSR count). The molecule has 0 aromatic rings. The molecule has 0 aliphatic rings. The summed E-state index contributed by atoms with van der Waals surface area (Å²) < 4.78 is 0. The second-order valence-corrected chi connectivity index (χ2v) is 6.07. The van der Waals surface area contributed by atoms with E-state index < -0.39 is 0 Å². The van der Waals surface area contributed by atoms with E-state index in [4.69, 9.17) is 11.6 Å². The monoisotopic (exact) mass is 232 g/mol. The molecule has 0 bridgehead atoms. The maximum absolute atomic E-state index is 5.82. The normalized spacial score (nSPS) is 17.8. The van der Waals surface area contributed by atoms with Gasteiger partial charge in [0.2, 0.25) is 0 Å². The highest BCUT2D eigenvalue weighted by Gasteiger charge is 2.13. The second kappa shape index (κ2) is 8.44. The van der Waals surface area contributed by atoms with E-state index in [1.54, 1.807) is 0 Å². The van der Waals surface area contributed by atoms with Crippen LogP contribution in [0.15, 0.2) is 0 Å². The van der Waals surface area contributed by atoms with Crippen molar-refractivity contribution in [2.24, 2.45) is 23.7 Å². The molecule has 1 heteroatoms. The average molecular weight is 233 g/mol. The number of alkyl halides is 1. The molecular formula is C14H29Cl. The van der Waals surface area contributed by atoms with E-state index in [1.807, 2.05) is 0 Å². The zero-order valence-electron chi connectivity index (χ0n) is 11.2. The van der Waals surface area contributed by atoms with Crippen LogP contribution in [0, 0.1) is 23.7 Å². The molecule has 0 aromatic carbocycles. The molecule has 92 valence electrons. The quantitative estimate of drug-likeness (QED) is 0.495. The largest absolute Gasteiger partial charge is 0.126 e. The minimum absolute atomic E-state index is 0.686. The molecule has 0 aliphatic heterocycles. The van der Waals surface area contributed by atoms with Gasteiger partial charge in [-0.25, -0.2) is 0 Å². The van der Waals surface area contributed by atoms with E-state index in [2.05, 4.69) is 34.6 Å². The highest BCUT2D eigenvalue weighted by atomic mass is 35.5. The van der Waals surface area contributed by atoms with Gasteiger partial charge in [0.25, 0.3) is 0 Å². The molecule has 0 nitrogen and oxygen atoms in total. The van der Waals surface area contributed by atoms with Gasteiger partial charge in [0.15, 0.2) is 0 Å². The fourth-order valence-corrected chi connectivity index (χ4v) is 1.94. The Labute approximate surface area is 102 Å². The highest BCUT2D eigenvalue weighted by molar-refractivity contribution is 6.18. The van der Waals surface area contributed by atoms with Crippen molar-refractivity contribution >= 4 is 11.6 Å². The van der Waals surface area contributed by atoms with Gasteiger partial charge in [0.05, 0.1) is 0 Å². The molecule has 0 radical (unpaired) electrons. The van der Waals surface area contributed by atoms with Gasteiger partial charge in [-0.15, -0.1) is 11.6 Å². The van der Waals surface area contributed by atoms with E-state index in [0.29, 0.717) is 5.92 Å². The van der Waals surface area contributed by atoms with Crippen molar-refractivity contribution in [2.75, 3.05) is 5.88 Å². The zero-order valence-corrected chi connectivity index (χ0v) is 12.0. The van der Waals surface area contributed by atoms with Crippen molar-refractivity contribution in [1.29, 1.82) is 0 Å². The van der Waals surface area contributed by atoms with Gasteiger partial charge in [0.1, 0.15) is 0 Å². The van der Waals surface area contributed by atoms with Crippen LogP contribution in [-0.2, 0) is 0 Å². The standard InChI is InChI=1S/C14H29Cl/c1-11(2)6-8-13(4)14(5)9-7-12(3)10-15/h11-14H,6-10H2,1-5H3. The Morgan fingerprint density at radius 2 is 1.20 bits per heavy atom. The number of rotatable bonds is 8. The predicted molar refractivity (Wildman–Crippen MR) is 71.5 cm³/mol. The first-order valence-electron chi connectivity index (χ1n) is 6.53. The van der Waals surface area contributed by atoms with E-state index in [-0.39, 0.29) is 0 Å². The lowest BCUT2D eigenvalue weighted by Crippen LogP contribution is -2.11. The Morgan fingerprint density at radius 1 is 0.733 bits per heavy atom. The van der Waals surface area contributed by atoms with Gasteiger partial charge in [-0.1, -0.05) is 53.9 Å². The molecule has 0 aliphatic carbocycles. The summed E-state index contributed by atoms with van der Waals surface area (Å²) in [7, 11) is 0. The lowest BCUT2D eigenvalue weighted by Gasteiger charge is -2.21. The highest BCUT2D eigenvalue weighted by Crippen LogP contribution is 2.25. The van der Waals surface area contributed by atoms with Gasteiger partial charge in [-0.05, 0) is 30.1 Å². The van der Waals surface area contributed by atoms with Crippen molar-refractivity contribution in [3.63, 3.8) is 0 Å². The van der Waals surface area contributed by atoms with Crippen molar-refractivity contribution in [1.82, 2.24) is 0 Å². The maximum atomic E-state index is 5.82. The fourth-order valence-electron chi connectivity index (χ4n) is 1.79. The van der Waals surface area contributed by atoms with Gasteiger partial charge in [0, 0.05) is 5.88 Å². The number of hydrogen-bond acceptors (Lipinski definition) is 0. The van der Waals surface area contributed by atoms with E-state index in [0.717, 1.165) is 23.6 Å². The van der Waals surface area contributed by atoms with Crippen LogP contribution in [0.5, 0.6) is 0 Å². The molecule has 15 heavy (non-hydrogen) atoms. The van der Waals surface area contributed by atoms with Crippen LogP contribution in [0.3, 0.4) is 0 Å². The third kappa shape index (κ3) is 8.13. The maximum Gasteiger partial charge on any atom is 0.0249 e. The van der Waals surface area contributed by atoms with Crippen LogP contribution in [0.2, 0.25) is 0 Å². The van der Waals surface area contributed by atoms with Crippen molar-refractivity contribution in [3.05, 3.63) is 0 Å². The molecule has 0 saturated heterocycles. The third-order valence-electron chi connectivity index (χ3n) is 3.55. The molecule has 0 aromatic heterocycles. The van der Waals surface area contributed by atoms with Crippen LogP contribution in [0.4, 0.5) is 0 Å². The lowest BCUT2D eigenvalue weighted by molar-refractivity contribution is 0.304. The molecule has 3 atom stereocenters. The van der Waals surface area contributed by atoms with Crippen LogP contribution >= 0.6 is 11.6 Å². The first-order chi connectivity index (χ1) is 6.97. The molecule has 0 fully saturated rings. The first-order valence-corrected chi connectivity index (χ1v) is 7.06. The molecule has 0 spiro atoms. The summed E-state index contributed by atoms with van der Waals surface area (Å²) >= 11 is 5.82. The van der Waals surface area contributed by atoms with Crippen LogP contribution in [0.25, 0.3) is 0 Å². The second-order valence-electron chi connectivity index (χ2n) is 5.76. The summed E-state index contributed by atoms with van der Waals surface area (Å²) in [5.41, 5.74) is 0. The Bertz CT molecular complexity index is 142. The third-order valence-corrected chi connectivity index (χ3v) is 4.08. The van der Waals surface area contributed by atoms with E-state index >= 15 is 0 Å². The Kier molecular flexibility index (Phi) is 8.61. The van der Waals surface area contributed by atoms with Crippen LogP contribution in [0.1, 0.15) is 60.3 Å². The minimum Gasteiger partial charge on any atom is -0.126 e. The van der Waals surface area contributed by atoms with E-state index in [1.165, 1.54) is 25.7 Å². The van der Waals surface area contributed by atoms with Crippen molar-refractivity contribution in [2.45, 2.75) is 60.3 Å². The summed E-state index contributed by atoms with van der Waals surface area (Å²) in [6.45, 7) is 11.7. The summed E-state index contributed by atoms with van der Waals surface area (Å²) in [4.78, 5) is 0. The van der Waals surface area contributed by atoms with Gasteiger partial charge < -0.3 is 0 Å². The minimum atomic E-state index is 0.686. The predicted octanol–water partition coefficient (Wildman–Crippen LogP) is 5.35. The summed E-state index contributed by atoms with van der Waals surface area (Å²) in [6, 6.07) is 0. The van der Waals surface area contributed by atoms with Crippen molar-refractivity contribution in [3.8, 4) is 0 Å². The van der Waals surface area contributed by atoms with E-state index in [9.17, 15) is 0 Å². The topological polar surface area (TPSA) is 0 Å². The van der Waals surface area contributed by atoms with Crippen LogP contribution in [-0.4, -0.2) is 5.88 Å². The van der Waals surface area contributed by atoms with Crippen LogP contribution < -0.4 is 0 Å². The number of halogens is 1. The summed E-state index contributed by atoms with van der Waals surface area (Å²) in [5.74, 6) is 4.07. The zero-order chi connectivity index (χ0) is 11.8. The summed E-state index contributed by atoms with van der Waals surface area (Å²) in [6.07, 6.45) is 5.38. The van der Waals surface area contributed by atoms with Crippen molar-refractivity contribution < 1.29 is 0 Å². The smallest absolute Gasteiger partial charge is 0.0249 e. The fraction of sp³-hybridized carbons (Fsp3) is 1.00. The molecule has 0 N–H and O–H groups in total. The molecule has 0 saturated carbocycles. The molecular weight excluding hydrogens is 204 g/mol. The molecule has 0 amide bonds. The van der Waals surface area contributed by atoms with Gasteiger partial charge in [-0.2, -0.15) is 0 Å². The average Bonchev–Trinajstić information content (AvgIpc) is 2.21. The Morgan fingerprint density at radius 3 is 1.60 bits per heavy atom. The molecule has 3 unspecified atom stereocenters. The Balaban J connectivity index is 3.64. The molecule has 0 heterocycles. The lowest BCUT2D eigenvalue weighted by atomic mass is 9.85.